The predicted octanol–water partition coefficient (Wildman–Crippen LogP) is 4.64. The third-order valence-electron chi connectivity index (χ3n) is 4.98. The number of alkyl halides is 3. The second kappa shape index (κ2) is 8.50. The summed E-state index contributed by atoms with van der Waals surface area (Å²) in [5.41, 5.74) is 0.342. The van der Waals surface area contributed by atoms with Crippen molar-refractivity contribution in [3.05, 3.63) is 71.1 Å². The molecule has 6 nitrogen and oxygen atoms in total. The molecule has 1 heterocycles. The molecule has 3 rings (SSSR count). The number of nitrogens with zero attached hydrogens (tertiary/aromatic N) is 3. The van der Waals surface area contributed by atoms with Crippen molar-refractivity contribution < 1.29 is 27.2 Å². The molecule has 1 aromatic heterocycles. The van der Waals surface area contributed by atoms with E-state index in [0.717, 1.165) is 22.8 Å². The van der Waals surface area contributed by atoms with E-state index in [1.165, 1.54) is 26.3 Å². The highest BCUT2D eigenvalue weighted by Crippen LogP contribution is 2.32. The Morgan fingerprint density at radius 3 is 2.32 bits per heavy atom. The summed E-state index contributed by atoms with van der Waals surface area (Å²) in [4.78, 5) is 17.5. The van der Waals surface area contributed by atoms with Crippen LogP contribution < -0.4 is 0 Å². The number of rotatable bonds is 6. The molecular weight excluding hydrogens is 411 g/mol. The lowest BCUT2D eigenvalue weighted by Crippen LogP contribution is -2.41. The zero-order valence-electron chi connectivity index (χ0n) is 17.5. The predicted molar refractivity (Wildman–Crippen MR) is 107 cm³/mol. The summed E-state index contributed by atoms with van der Waals surface area (Å²) in [6, 6.07) is 12.2. The zero-order chi connectivity index (χ0) is 22.8. The van der Waals surface area contributed by atoms with Crippen LogP contribution in [-0.2, 0) is 27.6 Å². The van der Waals surface area contributed by atoms with Gasteiger partial charge in [-0.1, -0.05) is 30.3 Å². The largest absolute Gasteiger partial charge is 0.420 e. The third kappa shape index (κ3) is 4.77. The van der Waals surface area contributed by atoms with Crippen LogP contribution in [0.25, 0.3) is 11.5 Å². The van der Waals surface area contributed by atoms with Crippen molar-refractivity contribution in [1.29, 1.82) is 0 Å². The Morgan fingerprint density at radius 2 is 1.71 bits per heavy atom. The molecular formula is C22H22F3N3O3. The lowest BCUT2D eigenvalue weighted by atomic mass is 9.92. The smallest absolute Gasteiger partial charge is 0.416 e. The van der Waals surface area contributed by atoms with Gasteiger partial charge in [-0.25, -0.2) is 5.06 Å². The van der Waals surface area contributed by atoms with Crippen molar-refractivity contribution in [2.24, 2.45) is 0 Å². The average molecular weight is 433 g/mol. The van der Waals surface area contributed by atoms with Gasteiger partial charge in [-0.05, 0) is 49.6 Å². The summed E-state index contributed by atoms with van der Waals surface area (Å²) in [6.07, 6.45) is -4.00. The first-order valence-electron chi connectivity index (χ1n) is 9.44. The zero-order valence-corrected chi connectivity index (χ0v) is 17.5. The van der Waals surface area contributed by atoms with Gasteiger partial charge in [0.25, 0.3) is 5.91 Å². The molecule has 1 amide bonds. The summed E-state index contributed by atoms with van der Waals surface area (Å²) in [7, 11) is 2.87. The summed E-state index contributed by atoms with van der Waals surface area (Å²) >= 11 is 0. The molecule has 0 unspecified atom stereocenters. The van der Waals surface area contributed by atoms with E-state index >= 15 is 0 Å². The Kier molecular flexibility index (Phi) is 6.17. The van der Waals surface area contributed by atoms with E-state index in [1.807, 2.05) is 12.1 Å². The molecule has 164 valence electrons. The lowest BCUT2D eigenvalue weighted by molar-refractivity contribution is -0.175. The van der Waals surface area contributed by atoms with Gasteiger partial charge in [0.15, 0.2) is 0 Å². The van der Waals surface area contributed by atoms with Gasteiger partial charge in [-0.15, -0.1) is 10.2 Å². The highest BCUT2D eigenvalue weighted by molar-refractivity contribution is 5.85. The van der Waals surface area contributed by atoms with Crippen molar-refractivity contribution in [1.82, 2.24) is 15.3 Å². The van der Waals surface area contributed by atoms with E-state index in [0.29, 0.717) is 17.5 Å². The van der Waals surface area contributed by atoms with Crippen LogP contribution in [0.15, 0.2) is 52.9 Å². The van der Waals surface area contributed by atoms with Crippen molar-refractivity contribution >= 4 is 5.91 Å². The molecule has 31 heavy (non-hydrogen) atoms. The number of likely N-dealkylation sites (N-methyl/N-ethyl adjacent to an activating group) is 1. The van der Waals surface area contributed by atoms with Crippen LogP contribution in [0.4, 0.5) is 13.2 Å². The summed E-state index contributed by atoms with van der Waals surface area (Å²) in [5.74, 6) is -0.0116. The minimum atomic E-state index is -4.38. The number of aromatic nitrogens is 2. The third-order valence-corrected chi connectivity index (χ3v) is 4.98. The first kappa shape index (κ1) is 22.5. The number of amides is 1. The van der Waals surface area contributed by atoms with Crippen molar-refractivity contribution in [2.75, 3.05) is 14.2 Å². The van der Waals surface area contributed by atoms with Gasteiger partial charge in [-0.2, -0.15) is 13.2 Å². The Hall–Kier alpha value is -3.20. The highest BCUT2D eigenvalue weighted by Gasteiger charge is 2.38. The fourth-order valence-corrected chi connectivity index (χ4v) is 3.07. The molecule has 0 atom stereocenters. The Labute approximate surface area is 177 Å². The van der Waals surface area contributed by atoms with E-state index in [9.17, 15) is 18.0 Å². The second-order valence-corrected chi connectivity index (χ2v) is 7.55. The summed E-state index contributed by atoms with van der Waals surface area (Å²) in [5, 5.41) is 9.22. The maximum atomic E-state index is 12.8. The molecule has 0 aliphatic heterocycles. The molecule has 2 aromatic carbocycles. The molecule has 9 heteroatoms. The van der Waals surface area contributed by atoms with Gasteiger partial charge in [-0.3, -0.25) is 9.63 Å². The number of hydrogen-bond acceptors (Lipinski definition) is 5. The van der Waals surface area contributed by atoms with Crippen LogP contribution in [0.2, 0.25) is 0 Å². The standard InChI is InChI=1S/C22H22F3N3O3/c1-21(2,20(29)28(3)30-4)19-27-26-18(31-19)17-8-6-5-7-15(17)13-14-9-11-16(12-10-14)22(23,24)25/h5-12H,13H2,1-4H3. The minimum absolute atomic E-state index is 0.126. The Bertz CT molecular complexity index is 1060. The van der Waals surface area contributed by atoms with Crippen LogP contribution in [0, 0.1) is 0 Å². The molecule has 0 spiro atoms. The highest BCUT2D eigenvalue weighted by atomic mass is 19.4. The quantitative estimate of drug-likeness (QED) is 0.530. The Balaban J connectivity index is 1.89. The lowest BCUT2D eigenvalue weighted by Gasteiger charge is -2.24. The van der Waals surface area contributed by atoms with Crippen LogP contribution in [-0.4, -0.2) is 35.3 Å². The normalized spacial score (nSPS) is 12.1. The molecule has 0 bridgehead atoms. The van der Waals surface area contributed by atoms with E-state index in [2.05, 4.69) is 10.2 Å². The number of carbonyl (C=O) groups excluding carboxylic acids is 1. The molecule has 0 radical (unpaired) electrons. The molecule has 0 N–H and O–H groups in total. The van der Waals surface area contributed by atoms with E-state index in [4.69, 9.17) is 9.25 Å². The van der Waals surface area contributed by atoms with Crippen LogP contribution >= 0.6 is 0 Å². The number of carbonyl (C=O) groups is 1. The number of halogens is 3. The SMILES string of the molecule is CON(C)C(=O)C(C)(C)c1nnc(-c2ccccc2Cc2ccc(C(F)(F)F)cc2)o1. The molecule has 0 fully saturated rings. The maximum absolute atomic E-state index is 12.8. The number of hydrogen-bond donors (Lipinski definition) is 0. The first-order valence-corrected chi connectivity index (χ1v) is 9.44. The van der Waals surface area contributed by atoms with E-state index in [-0.39, 0.29) is 17.7 Å². The van der Waals surface area contributed by atoms with Gasteiger partial charge < -0.3 is 4.42 Å². The topological polar surface area (TPSA) is 68.5 Å². The van der Waals surface area contributed by atoms with Crippen LogP contribution in [0.5, 0.6) is 0 Å². The number of benzene rings is 2. The molecule has 0 aliphatic rings. The fourth-order valence-electron chi connectivity index (χ4n) is 3.07. The van der Waals surface area contributed by atoms with Crippen LogP contribution in [0.3, 0.4) is 0 Å². The molecule has 0 aliphatic carbocycles. The van der Waals surface area contributed by atoms with Crippen molar-refractivity contribution in [3.8, 4) is 11.5 Å². The molecule has 3 aromatic rings. The van der Waals surface area contributed by atoms with Crippen LogP contribution in [0.1, 0.15) is 36.4 Å². The average Bonchev–Trinajstić information content (AvgIpc) is 3.23. The first-order chi connectivity index (χ1) is 14.5. The van der Waals surface area contributed by atoms with Gasteiger partial charge in [0.1, 0.15) is 5.41 Å². The Morgan fingerprint density at radius 1 is 1.06 bits per heavy atom. The fraction of sp³-hybridized carbons (Fsp3) is 0.318. The maximum Gasteiger partial charge on any atom is 0.416 e. The van der Waals surface area contributed by atoms with Gasteiger partial charge in [0.2, 0.25) is 11.8 Å². The van der Waals surface area contributed by atoms with E-state index in [1.54, 1.807) is 26.0 Å². The monoisotopic (exact) mass is 433 g/mol. The molecule has 0 saturated carbocycles. The van der Waals surface area contributed by atoms with Gasteiger partial charge >= 0.3 is 6.18 Å². The molecule has 0 saturated heterocycles. The van der Waals surface area contributed by atoms with Crippen molar-refractivity contribution in [3.63, 3.8) is 0 Å². The van der Waals surface area contributed by atoms with Crippen molar-refractivity contribution in [2.45, 2.75) is 31.9 Å². The number of hydroxylamine groups is 2. The summed E-state index contributed by atoms with van der Waals surface area (Å²) < 4.78 is 44.2. The second-order valence-electron chi connectivity index (χ2n) is 7.55. The minimum Gasteiger partial charge on any atom is -0.420 e. The van der Waals surface area contributed by atoms with E-state index < -0.39 is 17.2 Å². The van der Waals surface area contributed by atoms with Gasteiger partial charge in [0, 0.05) is 12.6 Å². The summed E-state index contributed by atoms with van der Waals surface area (Å²) in [6.45, 7) is 3.30. The van der Waals surface area contributed by atoms with Gasteiger partial charge in [0.05, 0.1) is 12.7 Å².